The maximum Gasteiger partial charge on any atom is 0.313 e. The molecule has 0 saturated carbocycles. The summed E-state index contributed by atoms with van der Waals surface area (Å²) in [6, 6.07) is 0.0624. The van der Waals surface area contributed by atoms with Crippen LogP contribution in [0.2, 0.25) is 0 Å². The third-order valence-electron chi connectivity index (χ3n) is 10.4. The maximum absolute atomic E-state index is 13.0. The number of carbonyl (C=O) groups excluding carboxylic acids is 4. The lowest BCUT2D eigenvalue weighted by Crippen LogP contribution is -2.54. The first kappa shape index (κ1) is 40.1. The summed E-state index contributed by atoms with van der Waals surface area (Å²) >= 11 is 0. The van der Waals surface area contributed by atoms with Crippen LogP contribution in [-0.4, -0.2) is 53.8 Å². The van der Waals surface area contributed by atoms with Crippen LogP contribution in [0, 0.1) is 38.4 Å². The molecule has 1 rings (SSSR count). The van der Waals surface area contributed by atoms with Gasteiger partial charge in [0.2, 0.25) is 5.91 Å². The van der Waals surface area contributed by atoms with E-state index >= 15 is 0 Å². The lowest BCUT2D eigenvalue weighted by Gasteiger charge is -2.56. The molecule has 44 heavy (non-hydrogen) atoms. The van der Waals surface area contributed by atoms with Crippen molar-refractivity contribution in [2.45, 2.75) is 161 Å². The first-order chi connectivity index (χ1) is 19.5. The van der Waals surface area contributed by atoms with Crippen LogP contribution < -0.4 is 0 Å². The van der Waals surface area contributed by atoms with Gasteiger partial charge in [0.15, 0.2) is 0 Å². The van der Waals surface area contributed by atoms with E-state index in [1.807, 2.05) is 0 Å². The molecule has 1 heterocycles. The Morgan fingerprint density at radius 1 is 0.818 bits per heavy atom. The highest BCUT2D eigenvalue weighted by atomic mass is 16.5. The topological polar surface area (TPSA) is 90.0 Å². The average Bonchev–Trinajstić information content (AvgIpc) is 3.18. The van der Waals surface area contributed by atoms with E-state index in [0.29, 0.717) is 6.42 Å². The fourth-order valence-electron chi connectivity index (χ4n) is 7.59. The predicted molar refractivity (Wildman–Crippen MR) is 178 cm³/mol. The second-order valence-corrected chi connectivity index (χ2v) is 18.5. The molecular weight excluding hydrogens is 554 g/mol. The van der Waals surface area contributed by atoms with Crippen molar-refractivity contribution in [1.29, 1.82) is 0 Å². The Labute approximate surface area is 270 Å². The average molecular weight is 622 g/mol. The van der Waals surface area contributed by atoms with Gasteiger partial charge in [0, 0.05) is 37.3 Å². The highest BCUT2D eigenvalue weighted by molar-refractivity contribution is 5.94. The van der Waals surface area contributed by atoms with Gasteiger partial charge in [-0.1, -0.05) is 96.9 Å². The van der Waals surface area contributed by atoms with Crippen molar-refractivity contribution in [3.8, 4) is 0 Å². The van der Waals surface area contributed by atoms with Crippen molar-refractivity contribution in [2.75, 3.05) is 13.2 Å². The maximum atomic E-state index is 13.0. The molecule has 0 aromatic carbocycles. The van der Waals surface area contributed by atoms with Crippen molar-refractivity contribution >= 4 is 23.6 Å². The molecular formula is C37H67NO6. The third-order valence-corrected chi connectivity index (χ3v) is 10.4. The molecule has 0 aliphatic carbocycles. The van der Waals surface area contributed by atoms with Gasteiger partial charge in [-0.3, -0.25) is 19.2 Å². The molecule has 1 aliphatic rings. The quantitative estimate of drug-likeness (QED) is 0.135. The summed E-state index contributed by atoms with van der Waals surface area (Å²) in [5.74, 6) is -0.896. The summed E-state index contributed by atoms with van der Waals surface area (Å²) in [6.45, 7) is 34.8. The molecule has 256 valence electrons. The van der Waals surface area contributed by atoms with Gasteiger partial charge in [-0.15, -0.1) is 0 Å². The standard InChI is InChI=1S/C37H67NO6/c1-25(39)20-31(42)43-23-27(34(9,10)24-35(11,12)29(44-26(2)40)22-32(3,4)5)37(15,16)36(13,14)21-28(33(6,7)8)38-19-17-18-30(38)41/h27-29H,17-24H2,1-16H3. The van der Waals surface area contributed by atoms with E-state index in [9.17, 15) is 19.2 Å². The van der Waals surface area contributed by atoms with E-state index in [1.165, 1.54) is 13.8 Å². The summed E-state index contributed by atoms with van der Waals surface area (Å²) in [5.41, 5.74) is -1.53. The molecule has 0 aromatic rings. The predicted octanol–water partition coefficient (Wildman–Crippen LogP) is 8.41. The Balaban J connectivity index is 3.61. The smallest absolute Gasteiger partial charge is 0.313 e. The van der Waals surface area contributed by atoms with Crippen LogP contribution in [0.3, 0.4) is 0 Å². The van der Waals surface area contributed by atoms with Crippen LogP contribution in [0.4, 0.5) is 0 Å². The number of rotatable bonds is 15. The number of amides is 1. The minimum Gasteiger partial charge on any atom is -0.465 e. The largest absolute Gasteiger partial charge is 0.465 e. The van der Waals surface area contributed by atoms with Gasteiger partial charge < -0.3 is 14.4 Å². The van der Waals surface area contributed by atoms with Crippen molar-refractivity contribution < 1.29 is 28.7 Å². The van der Waals surface area contributed by atoms with E-state index in [2.05, 4.69) is 102 Å². The van der Waals surface area contributed by atoms with Crippen molar-refractivity contribution in [3.63, 3.8) is 0 Å². The number of Topliss-reactive ketones (excluding diaryl/α,β-unsaturated/α-hetero) is 1. The zero-order valence-electron chi connectivity index (χ0n) is 31.3. The lowest BCUT2D eigenvalue weighted by atomic mass is 9.50. The van der Waals surface area contributed by atoms with Crippen LogP contribution in [0.1, 0.15) is 149 Å². The first-order valence-electron chi connectivity index (χ1n) is 16.7. The van der Waals surface area contributed by atoms with Gasteiger partial charge >= 0.3 is 11.9 Å². The summed E-state index contributed by atoms with van der Waals surface area (Å²) in [6.07, 6.45) is 3.20. The third kappa shape index (κ3) is 11.2. The fraction of sp³-hybridized carbons (Fsp3) is 0.892. The number of hydrogen-bond donors (Lipinski definition) is 0. The van der Waals surface area contributed by atoms with Gasteiger partial charge in [-0.2, -0.15) is 0 Å². The van der Waals surface area contributed by atoms with E-state index in [0.717, 1.165) is 32.2 Å². The first-order valence-corrected chi connectivity index (χ1v) is 16.7. The van der Waals surface area contributed by atoms with Gasteiger partial charge in [0.05, 0.1) is 6.61 Å². The van der Waals surface area contributed by atoms with Crippen LogP contribution in [0.5, 0.6) is 0 Å². The molecule has 0 spiro atoms. The van der Waals surface area contributed by atoms with Crippen LogP contribution in [0.25, 0.3) is 0 Å². The number of nitrogens with zero attached hydrogens (tertiary/aromatic N) is 1. The van der Waals surface area contributed by atoms with Crippen molar-refractivity contribution in [1.82, 2.24) is 4.90 Å². The SMILES string of the molecule is CC(=O)CC(=O)OCC(C(C)(C)CC(C)(C)C(CC(C)(C)C)OC(C)=O)C(C)(C)C(C)(C)CC(N1CCCC1=O)C(C)(C)C. The molecule has 1 saturated heterocycles. The molecule has 0 radical (unpaired) electrons. The Hall–Kier alpha value is -1.92. The molecule has 1 aliphatic heterocycles. The minimum atomic E-state index is -0.507. The van der Waals surface area contributed by atoms with Crippen molar-refractivity contribution in [3.05, 3.63) is 0 Å². The summed E-state index contributed by atoms with van der Waals surface area (Å²) in [4.78, 5) is 51.7. The molecule has 1 amide bonds. The van der Waals surface area contributed by atoms with E-state index in [-0.39, 0.29) is 81.2 Å². The lowest BCUT2D eigenvalue weighted by molar-refractivity contribution is -0.163. The summed E-state index contributed by atoms with van der Waals surface area (Å²) in [7, 11) is 0. The van der Waals surface area contributed by atoms with E-state index in [4.69, 9.17) is 9.47 Å². The van der Waals surface area contributed by atoms with E-state index in [1.54, 1.807) is 0 Å². The molecule has 0 bridgehead atoms. The van der Waals surface area contributed by atoms with Gasteiger partial charge in [-0.05, 0) is 59.7 Å². The monoisotopic (exact) mass is 621 g/mol. The highest BCUT2D eigenvalue weighted by Crippen LogP contribution is 2.57. The molecule has 0 N–H and O–H groups in total. The molecule has 3 atom stereocenters. The summed E-state index contributed by atoms with van der Waals surface area (Å²) in [5, 5.41) is 0. The van der Waals surface area contributed by atoms with Crippen LogP contribution in [0.15, 0.2) is 0 Å². The number of likely N-dealkylation sites (tertiary alicyclic amines) is 1. The number of carbonyl (C=O) groups is 4. The number of esters is 2. The highest BCUT2D eigenvalue weighted by Gasteiger charge is 2.53. The molecule has 7 nitrogen and oxygen atoms in total. The fourth-order valence-corrected chi connectivity index (χ4v) is 7.59. The Kier molecular flexibility index (Phi) is 13.0. The van der Waals surface area contributed by atoms with E-state index < -0.39 is 5.97 Å². The zero-order valence-corrected chi connectivity index (χ0v) is 31.3. The molecule has 7 heteroatoms. The van der Waals surface area contributed by atoms with Gasteiger partial charge in [0.25, 0.3) is 0 Å². The number of ketones is 1. The Bertz CT molecular complexity index is 1020. The normalized spacial score (nSPS) is 17.7. The minimum absolute atomic E-state index is 0.0423. The Morgan fingerprint density at radius 3 is 1.77 bits per heavy atom. The molecule has 1 fully saturated rings. The van der Waals surface area contributed by atoms with Gasteiger partial charge in [0.1, 0.15) is 18.3 Å². The zero-order chi connectivity index (χ0) is 34.7. The number of hydrogen-bond acceptors (Lipinski definition) is 6. The second kappa shape index (κ2) is 14.2. The Morgan fingerprint density at radius 2 is 1.36 bits per heavy atom. The van der Waals surface area contributed by atoms with Crippen LogP contribution in [-0.2, 0) is 28.7 Å². The molecule has 3 unspecified atom stereocenters. The second-order valence-electron chi connectivity index (χ2n) is 18.5. The van der Waals surface area contributed by atoms with Gasteiger partial charge in [-0.25, -0.2) is 0 Å². The van der Waals surface area contributed by atoms with Crippen molar-refractivity contribution in [2.24, 2.45) is 38.4 Å². The summed E-state index contributed by atoms with van der Waals surface area (Å²) < 4.78 is 11.9. The number of ether oxygens (including phenoxy) is 2. The van der Waals surface area contributed by atoms with Crippen LogP contribution >= 0.6 is 0 Å². The molecule has 0 aromatic heterocycles.